The minimum absolute atomic E-state index is 0.223. The van der Waals surface area contributed by atoms with Crippen molar-refractivity contribution in [1.29, 1.82) is 0 Å². The van der Waals surface area contributed by atoms with Gasteiger partial charge in [-0.25, -0.2) is 0 Å². The molecule has 1 N–H and O–H groups in total. The lowest BCUT2D eigenvalue weighted by Crippen LogP contribution is -2.12. The fourth-order valence-electron chi connectivity index (χ4n) is 2.25. The van der Waals surface area contributed by atoms with Gasteiger partial charge in [-0.05, 0) is 50.7 Å². The molecule has 0 fully saturated rings. The van der Waals surface area contributed by atoms with Gasteiger partial charge in [0, 0.05) is 0 Å². The first kappa shape index (κ1) is 14.0. The zero-order valence-electron chi connectivity index (χ0n) is 11.3. The molecule has 0 radical (unpaired) electrons. The van der Waals surface area contributed by atoms with Gasteiger partial charge < -0.3 is 9.52 Å². The molecule has 0 aromatic carbocycles. The van der Waals surface area contributed by atoms with Crippen molar-refractivity contribution in [2.24, 2.45) is 11.8 Å². The average Bonchev–Trinajstić information content (AvgIpc) is 2.80. The van der Waals surface area contributed by atoms with Crippen molar-refractivity contribution in [2.45, 2.75) is 46.6 Å². The molecule has 0 aliphatic heterocycles. The predicted octanol–water partition coefficient (Wildman–Crippen LogP) is 4.33. The molecule has 0 saturated carbocycles. The van der Waals surface area contributed by atoms with Gasteiger partial charge in [0.1, 0.15) is 11.9 Å². The fourth-order valence-corrected chi connectivity index (χ4v) is 2.25. The van der Waals surface area contributed by atoms with Crippen LogP contribution < -0.4 is 0 Å². The molecule has 1 aromatic heterocycles. The summed E-state index contributed by atoms with van der Waals surface area (Å²) in [5, 5.41) is 10.1. The van der Waals surface area contributed by atoms with Gasteiger partial charge in [-0.15, -0.1) is 0 Å². The van der Waals surface area contributed by atoms with Crippen LogP contribution in [0.25, 0.3) is 0 Å². The van der Waals surface area contributed by atoms with Crippen molar-refractivity contribution >= 4 is 0 Å². The first-order valence-corrected chi connectivity index (χ1v) is 6.37. The van der Waals surface area contributed by atoms with Crippen LogP contribution in [0, 0.1) is 11.8 Å². The SMILES string of the molecule is C/C=C(\C)C[C@H](C)C[C@H](C)[C@@H](O)c1ccco1. The lowest BCUT2D eigenvalue weighted by molar-refractivity contribution is 0.0822. The minimum atomic E-state index is -0.488. The van der Waals surface area contributed by atoms with Crippen LogP contribution in [-0.2, 0) is 0 Å². The van der Waals surface area contributed by atoms with Crippen molar-refractivity contribution in [3.8, 4) is 0 Å². The highest BCUT2D eigenvalue weighted by atomic mass is 16.4. The van der Waals surface area contributed by atoms with Crippen molar-refractivity contribution in [1.82, 2.24) is 0 Å². The Labute approximate surface area is 104 Å². The standard InChI is InChI=1S/C15H24O2/c1-5-11(2)9-12(3)10-13(4)15(16)14-7-6-8-17-14/h5-8,12-13,15-16H,9-10H2,1-4H3/b11-5+/t12-,13-,15+/m0/s1. The van der Waals surface area contributed by atoms with Crippen LogP contribution in [0.4, 0.5) is 0 Å². The summed E-state index contributed by atoms with van der Waals surface area (Å²) in [6.07, 6.45) is 5.39. The lowest BCUT2D eigenvalue weighted by Gasteiger charge is -2.21. The van der Waals surface area contributed by atoms with Gasteiger partial charge in [-0.2, -0.15) is 0 Å². The molecule has 1 heterocycles. The van der Waals surface area contributed by atoms with E-state index in [2.05, 4.69) is 33.8 Å². The molecular weight excluding hydrogens is 212 g/mol. The molecule has 0 spiro atoms. The van der Waals surface area contributed by atoms with E-state index in [0.717, 1.165) is 12.8 Å². The Hall–Kier alpha value is -1.02. The molecular formula is C15H24O2. The van der Waals surface area contributed by atoms with Crippen LogP contribution >= 0.6 is 0 Å². The van der Waals surface area contributed by atoms with Gasteiger partial charge in [-0.3, -0.25) is 0 Å². The van der Waals surface area contributed by atoms with Gasteiger partial charge >= 0.3 is 0 Å². The molecule has 96 valence electrons. The van der Waals surface area contributed by atoms with E-state index in [0.29, 0.717) is 11.7 Å². The Balaban J connectivity index is 2.46. The van der Waals surface area contributed by atoms with Crippen LogP contribution in [0.3, 0.4) is 0 Å². The molecule has 0 aliphatic rings. The summed E-state index contributed by atoms with van der Waals surface area (Å²) in [5.41, 5.74) is 1.41. The zero-order valence-corrected chi connectivity index (χ0v) is 11.3. The lowest BCUT2D eigenvalue weighted by atomic mass is 9.88. The summed E-state index contributed by atoms with van der Waals surface area (Å²) >= 11 is 0. The molecule has 0 bridgehead atoms. The number of allylic oxidation sites excluding steroid dienone is 2. The maximum atomic E-state index is 10.1. The molecule has 3 atom stereocenters. The van der Waals surface area contributed by atoms with E-state index in [9.17, 15) is 5.11 Å². The highest BCUT2D eigenvalue weighted by molar-refractivity contribution is 5.03. The Morgan fingerprint density at radius 1 is 1.47 bits per heavy atom. The number of aliphatic hydroxyl groups excluding tert-OH is 1. The molecule has 2 nitrogen and oxygen atoms in total. The molecule has 1 rings (SSSR count). The second kappa shape index (κ2) is 6.65. The Bertz CT molecular complexity index is 338. The maximum absolute atomic E-state index is 10.1. The predicted molar refractivity (Wildman–Crippen MR) is 70.7 cm³/mol. The van der Waals surface area contributed by atoms with Gasteiger partial charge in [-0.1, -0.05) is 25.5 Å². The molecule has 0 aliphatic carbocycles. The smallest absolute Gasteiger partial charge is 0.132 e. The van der Waals surface area contributed by atoms with E-state index in [1.165, 1.54) is 5.57 Å². The van der Waals surface area contributed by atoms with E-state index < -0.39 is 6.10 Å². The van der Waals surface area contributed by atoms with Crippen LogP contribution in [0.15, 0.2) is 34.5 Å². The minimum Gasteiger partial charge on any atom is -0.467 e. The van der Waals surface area contributed by atoms with Crippen LogP contribution in [-0.4, -0.2) is 5.11 Å². The molecule has 0 amide bonds. The zero-order chi connectivity index (χ0) is 12.8. The van der Waals surface area contributed by atoms with Crippen molar-refractivity contribution in [3.05, 3.63) is 35.8 Å². The molecule has 2 heteroatoms. The van der Waals surface area contributed by atoms with Gasteiger partial charge in [0.05, 0.1) is 6.26 Å². The Morgan fingerprint density at radius 3 is 2.71 bits per heavy atom. The summed E-state index contributed by atoms with van der Waals surface area (Å²) in [7, 11) is 0. The summed E-state index contributed by atoms with van der Waals surface area (Å²) in [4.78, 5) is 0. The van der Waals surface area contributed by atoms with Crippen molar-refractivity contribution in [3.63, 3.8) is 0 Å². The number of hydrogen-bond acceptors (Lipinski definition) is 2. The monoisotopic (exact) mass is 236 g/mol. The largest absolute Gasteiger partial charge is 0.467 e. The van der Waals surface area contributed by atoms with E-state index in [-0.39, 0.29) is 5.92 Å². The van der Waals surface area contributed by atoms with Gasteiger partial charge in [0.25, 0.3) is 0 Å². The maximum Gasteiger partial charge on any atom is 0.132 e. The van der Waals surface area contributed by atoms with E-state index in [1.807, 2.05) is 12.1 Å². The third-order valence-electron chi connectivity index (χ3n) is 3.31. The first-order valence-electron chi connectivity index (χ1n) is 6.37. The van der Waals surface area contributed by atoms with E-state index in [4.69, 9.17) is 4.42 Å². The number of aliphatic hydroxyl groups is 1. The molecule has 1 aromatic rings. The van der Waals surface area contributed by atoms with E-state index in [1.54, 1.807) is 6.26 Å². The molecule has 0 saturated heterocycles. The second-order valence-electron chi connectivity index (χ2n) is 5.12. The summed E-state index contributed by atoms with van der Waals surface area (Å²) < 4.78 is 5.24. The summed E-state index contributed by atoms with van der Waals surface area (Å²) in [6, 6.07) is 3.65. The number of rotatable bonds is 6. The number of hydrogen-bond donors (Lipinski definition) is 1. The first-order chi connectivity index (χ1) is 8.04. The van der Waals surface area contributed by atoms with Crippen molar-refractivity contribution < 1.29 is 9.52 Å². The Kier molecular flexibility index (Phi) is 5.49. The normalized spacial score (nSPS) is 17.8. The Morgan fingerprint density at radius 2 is 2.18 bits per heavy atom. The van der Waals surface area contributed by atoms with Gasteiger partial charge in [0.2, 0.25) is 0 Å². The highest BCUT2D eigenvalue weighted by Gasteiger charge is 2.20. The van der Waals surface area contributed by atoms with Crippen molar-refractivity contribution in [2.75, 3.05) is 0 Å². The average molecular weight is 236 g/mol. The number of furan rings is 1. The van der Waals surface area contributed by atoms with Crippen LogP contribution in [0.5, 0.6) is 0 Å². The summed E-state index contributed by atoms with van der Waals surface area (Å²) in [6.45, 7) is 8.54. The highest BCUT2D eigenvalue weighted by Crippen LogP contribution is 2.29. The fraction of sp³-hybridized carbons (Fsp3) is 0.600. The van der Waals surface area contributed by atoms with Crippen LogP contribution in [0.1, 0.15) is 52.4 Å². The van der Waals surface area contributed by atoms with Crippen LogP contribution in [0.2, 0.25) is 0 Å². The summed E-state index contributed by atoms with van der Waals surface area (Å²) in [5.74, 6) is 1.49. The second-order valence-corrected chi connectivity index (χ2v) is 5.12. The third-order valence-corrected chi connectivity index (χ3v) is 3.31. The third kappa shape index (κ3) is 4.39. The van der Waals surface area contributed by atoms with E-state index >= 15 is 0 Å². The topological polar surface area (TPSA) is 33.4 Å². The molecule has 0 unspecified atom stereocenters. The quantitative estimate of drug-likeness (QED) is 0.746. The molecule has 17 heavy (non-hydrogen) atoms. The van der Waals surface area contributed by atoms with Gasteiger partial charge in [0.15, 0.2) is 0 Å².